The highest BCUT2D eigenvalue weighted by atomic mass is 15.3. The Morgan fingerprint density at radius 2 is 2.27 bits per heavy atom. The van der Waals surface area contributed by atoms with E-state index >= 15 is 0 Å². The summed E-state index contributed by atoms with van der Waals surface area (Å²) in [6.07, 6.45) is 6.12. The second-order valence-electron chi connectivity index (χ2n) is 5.31. The molecule has 0 aromatic carbocycles. The minimum atomic E-state index is 0.389. The van der Waals surface area contributed by atoms with Gasteiger partial charge < -0.3 is 5.32 Å². The first-order chi connectivity index (χ1) is 7.20. The quantitative estimate of drug-likeness (QED) is 0.711. The van der Waals surface area contributed by atoms with Crippen LogP contribution >= 0.6 is 0 Å². The van der Waals surface area contributed by atoms with Gasteiger partial charge in [-0.2, -0.15) is 0 Å². The minimum Gasteiger partial charge on any atom is -0.311 e. The molecule has 1 aliphatic heterocycles. The van der Waals surface area contributed by atoms with Crippen molar-refractivity contribution >= 4 is 0 Å². The highest BCUT2D eigenvalue weighted by Gasteiger charge is 2.47. The first kappa shape index (κ1) is 11.2. The molecule has 2 heteroatoms. The van der Waals surface area contributed by atoms with Crippen LogP contribution in [0.4, 0.5) is 0 Å². The molecular weight excluding hydrogens is 184 g/mol. The molecule has 2 aliphatic rings. The molecule has 86 valence electrons. The molecule has 0 bridgehead atoms. The van der Waals surface area contributed by atoms with Crippen molar-refractivity contribution < 1.29 is 0 Å². The average molecular weight is 208 g/mol. The third-order valence-corrected chi connectivity index (χ3v) is 4.21. The largest absolute Gasteiger partial charge is 0.311 e. The number of hydrogen-bond acceptors (Lipinski definition) is 2. The van der Waals surface area contributed by atoms with E-state index in [9.17, 15) is 0 Å². The van der Waals surface area contributed by atoms with E-state index in [0.717, 1.165) is 19.0 Å². The molecule has 0 radical (unpaired) electrons. The Kier molecular flexibility index (Phi) is 3.17. The molecule has 2 unspecified atom stereocenters. The van der Waals surface area contributed by atoms with Crippen LogP contribution in [0.15, 0.2) is 12.7 Å². The van der Waals surface area contributed by atoms with Gasteiger partial charge in [0, 0.05) is 31.2 Å². The van der Waals surface area contributed by atoms with Gasteiger partial charge in [-0.1, -0.05) is 13.0 Å². The van der Waals surface area contributed by atoms with Gasteiger partial charge in [-0.3, -0.25) is 4.90 Å². The standard InChI is InChI=1S/C13H24N2/c1-4-8-15-9-12(5-2)14-10-13(15,3)11-6-7-11/h4,11-12,14H,1,5-10H2,2-3H3. The van der Waals surface area contributed by atoms with Crippen LogP contribution < -0.4 is 5.32 Å². The Balaban J connectivity index is 2.05. The average Bonchev–Trinajstić information content (AvgIpc) is 3.05. The van der Waals surface area contributed by atoms with E-state index in [-0.39, 0.29) is 0 Å². The van der Waals surface area contributed by atoms with Crippen LogP contribution in [0.25, 0.3) is 0 Å². The molecule has 1 saturated heterocycles. The first-order valence-corrected chi connectivity index (χ1v) is 6.30. The molecule has 1 aliphatic carbocycles. The molecule has 15 heavy (non-hydrogen) atoms. The van der Waals surface area contributed by atoms with Crippen molar-refractivity contribution in [3.63, 3.8) is 0 Å². The summed E-state index contributed by atoms with van der Waals surface area (Å²) in [6, 6.07) is 0.678. The van der Waals surface area contributed by atoms with E-state index in [1.807, 2.05) is 0 Å². The number of hydrogen-bond donors (Lipinski definition) is 1. The molecule has 2 rings (SSSR count). The SMILES string of the molecule is C=CCN1CC(CC)NCC1(C)C1CC1. The maximum atomic E-state index is 3.89. The summed E-state index contributed by atoms with van der Waals surface area (Å²) in [5.41, 5.74) is 0.389. The molecular formula is C13H24N2. The molecule has 0 aromatic heterocycles. The molecule has 1 N–H and O–H groups in total. The van der Waals surface area contributed by atoms with Crippen molar-refractivity contribution in [2.45, 2.75) is 44.7 Å². The second-order valence-corrected chi connectivity index (χ2v) is 5.31. The maximum absolute atomic E-state index is 3.89. The van der Waals surface area contributed by atoms with E-state index in [1.54, 1.807) is 0 Å². The summed E-state index contributed by atoms with van der Waals surface area (Å²) >= 11 is 0. The van der Waals surface area contributed by atoms with E-state index in [1.165, 1.54) is 25.8 Å². The summed E-state index contributed by atoms with van der Waals surface area (Å²) in [4.78, 5) is 2.64. The van der Waals surface area contributed by atoms with Gasteiger partial charge >= 0.3 is 0 Å². The second kappa shape index (κ2) is 4.26. The Morgan fingerprint density at radius 1 is 1.53 bits per heavy atom. The Morgan fingerprint density at radius 3 is 2.80 bits per heavy atom. The van der Waals surface area contributed by atoms with Gasteiger partial charge in [-0.05, 0) is 32.1 Å². The lowest BCUT2D eigenvalue weighted by Gasteiger charge is -2.48. The van der Waals surface area contributed by atoms with Crippen LogP contribution in [-0.4, -0.2) is 36.1 Å². The zero-order valence-corrected chi connectivity index (χ0v) is 10.1. The van der Waals surface area contributed by atoms with Crippen LogP contribution in [0.1, 0.15) is 33.1 Å². The number of piperazine rings is 1. The Bertz CT molecular complexity index is 235. The van der Waals surface area contributed by atoms with E-state index in [2.05, 4.69) is 36.7 Å². The smallest absolute Gasteiger partial charge is 0.0337 e. The summed E-state index contributed by atoms with van der Waals surface area (Å²) in [7, 11) is 0. The van der Waals surface area contributed by atoms with Crippen LogP contribution in [-0.2, 0) is 0 Å². The topological polar surface area (TPSA) is 15.3 Å². The highest BCUT2D eigenvalue weighted by Crippen LogP contribution is 2.43. The third-order valence-electron chi connectivity index (χ3n) is 4.21. The third kappa shape index (κ3) is 2.11. The summed E-state index contributed by atoms with van der Waals surface area (Å²) in [6.45, 7) is 12.0. The monoisotopic (exact) mass is 208 g/mol. The van der Waals surface area contributed by atoms with E-state index in [0.29, 0.717) is 11.6 Å². The first-order valence-electron chi connectivity index (χ1n) is 6.30. The number of nitrogens with one attached hydrogen (secondary N) is 1. The lowest BCUT2D eigenvalue weighted by atomic mass is 9.89. The molecule has 2 nitrogen and oxygen atoms in total. The van der Waals surface area contributed by atoms with Gasteiger partial charge in [-0.15, -0.1) is 6.58 Å². The molecule has 0 amide bonds. The fourth-order valence-corrected chi connectivity index (χ4v) is 2.82. The van der Waals surface area contributed by atoms with Crippen LogP contribution in [0, 0.1) is 5.92 Å². The van der Waals surface area contributed by atoms with Gasteiger partial charge in [0.15, 0.2) is 0 Å². The van der Waals surface area contributed by atoms with Crippen LogP contribution in [0.5, 0.6) is 0 Å². The maximum Gasteiger partial charge on any atom is 0.0337 e. The molecule has 2 fully saturated rings. The van der Waals surface area contributed by atoms with Crippen LogP contribution in [0.3, 0.4) is 0 Å². The summed E-state index contributed by atoms with van der Waals surface area (Å²) in [5, 5.41) is 3.69. The lowest BCUT2D eigenvalue weighted by Crippen LogP contribution is -2.64. The van der Waals surface area contributed by atoms with Crippen molar-refractivity contribution in [2.24, 2.45) is 5.92 Å². The number of nitrogens with zero attached hydrogens (tertiary/aromatic N) is 1. The minimum absolute atomic E-state index is 0.389. The zero-order valence-electron chi connectivity index (χ0n) is 10.1. The van der Waals surface area contributed by atoms with Crippen molar-refractivity contribution in [1.82, 2.24) is 10.2 Å². The zero-order chi connectivity index (χ0) is 10.9. The van der Waals surface area contributed by atoms with Crippen molar-refractivity contribution in [3.05, 3.63) is 12.7 Å². The highest BCUT2D eigenvalue weighted by molar-refractivity contribution is 5.05. The molecule has 0 aromatic rings. The van der Waals surface area contributed by atoms with Crippen molar-refractivity contribution in [3.8, 4) is 0 Å². The molecule has 0 spiro atoms. The van der Waals surface area contributed by atoms with Gasteiger partial charge in [-0.25, -0.2) is 0 Å². The predicted molar refractivity (Wildman–Crippen MR) is 65.0 cm³/mol. The molecule has 2 atom stereocenters. The summed E-state index contributed by atoms with van der Waals surface area (Å²) < 4.78 is 0. The van der Waals surface area contributed by atoms with Gasteiger partial charge in [0.25, 0.3) is 0 Å². The fourth-order valence-electron chi connectivity index (χ4n) is 2.82. The normalized spacial score (nSPS) is 37.9. The van der Waals surface area contributed by atoms with Crippen LogP contribution in [0.2, 0.25) is 0 Å². The molecule has 1 heterocycles. The Labute approximate surface area is 93.7 Å². The van der Waals surface area contributed by atoms with Crippen molar-refractivity contribution in [1.29, 1.82) is 0 Å². The lowest BCUT2D eigenvalue weighted by molar-refractivity contribution is 0.0451. The van der Waals surface area contributed by atoms with E-state index in [4.69, 9.17) is 0 Å². The predicted octanol–water partition coefficient (Wildman–Crippen LogP) is 2.02. The van der Waals surface area contributed by atoms with E-state index < -0.39 is 0 Å². The molecule has 1 saturated carbocycles. The van der Waals surface area contributed by atoms with Gasteiger partial charge in [0.1, 0.15) is 0 Å². The van der Waals surface area contributed by atoms with Crippen molar-refractivity contribution in [2.75, 3.05) is 19.6 Å². The summed E-state index contributed by atoms with van der Waals surface area (Å²) in [5.74, 6) is 0.919. The van der Waals surface area contributed by atoms with Gasteiger partial charge in [0.2, 0.25) is 0 Å². The van der Waals surface area contributed by atoms with Gasteiger partial charge in [0.05, 0.1) is 0 Å². The number of rotatable bonds is 4. The fraction of sp³-hybridized carbons (Fsp3) is 0.846. The Hall–Kier alpha value is -0.340.